The molecule has 2 aromatic rings. The van der Waals surface area contributed by atoms with Crippen LogP contribution in [0.5, 0.6) is 0 Å². The Morgan fingerprint density at radius 3 is 3.56 bits per heavy atom. The fraction of sp³-hybridized carbons (Fsp3) is 0. The molecule has 2 rings (SSSR count). The zero-order chi connectivity index (χ0) is 6.97. The lowest BCUT2D eigenvalue weighted by Gasteiger charge is -1.80. The molecule has 3 nitrogen and oxygen atoms in total. The van der Waals surface area contributed by atoms with E-state index in [1.165, 1.54) is 0 Å². The predicted molar refractivity (Wildman–Crippen MR) is 33.9 cm³/mol. The van der Waals surface area contributed by atoms with Gasteiger partial charge < -0.3 is 0 Å². The summed E-state index contributed by atoms with van der Waals surface area (Å²) in [7, 11) is 0. The second kappa shape index (κ2) is 1.55. The molecule has 0 aromatic carbocycles. The number of rotatable bonds is 0. The Balaban J connectivity index is 2.93. The van der Waals surface area contributed by atoms with Gasteiger partial charge in [-0.2, -0.15) is 5.10 Å². The Hall–Kier alpha value is -1.38. The van der Waals surface area contributed by atoms with Crippen molar-refractivity contribution in [3.8, 4) is 0 Å². The average molecular weight is 120 g/mol. The van der Waals surface area contributed by atoms with Crippen LogP contribution in [0, 0.1) is 0 Å². The minimum Gasteiger partial charge on any atom is -0.278 e. The predicted octanol–water partition coefficient (Wildman–Crippen LogP) is 0.958. The molecule has 0 saturated heterocycles. The van der Waals surface area contributed by atoms with Gasteiger partial charge in [-0.05, 0) is 6.07 Å². The van der Waals surface area contributed by atoms with Crippen LogP contribution >= 0.6 is 0 Å². The normalized spacial score (nSPS) is 11.8. The largest absolute Gasteiger partial charge is 0.278 e. The first-order valence-corrected chi connectivity index (χ1v) is 2.62. The molecule has 9 heavy (non-hydrogen) atoms. The van der Waals surface area contributed by atoms with Crippen LogP contribution in [-0.2, 0) is 0 Å². The molecule has 2 heterocycles. The number of hydrogen-bond acceptors (Lipinski definition) is 2. The summed E-state index contributed by atoms with van der Waals surface area (Å²) >= 11 is 0. The van der Waals surface area contributed by atoms with Gasteiger partial charge in [0.2, 0.25) is 0 Å². The first-order chi connectivity index (χ1) is 4.88. The molecule has 0 spiro atoms. The summed E-state index contributed by atoms with van der Waals surface area (Å²) in [6.07, 6.45) is 3.55. The zero-order valence-electron chi connectivity index (χ0n) is 5.63. The van der Waals surface area contributed by atoms with Gasteiger partial charge in [-0.25, -0.2) is 0 Å². The fourth-order valence-corrected chi connectivity index (χ4v) is 0.729. The summed E-state index contributed by atoms with van der Waals surface area (Å²) in [5.41, 5.74) is 0.861. The first kappa shape index (κ1) is 3.61. The second-order valence-corrected chi connectivity index (χ2v) is 1.76. The van der Waals surface area contributed by atoms with E-state index in [4.69, 9.17) is 1.37 Å². The van der Waals surface area contributed by atoms with Gasteiger partial charge in [0.1, 0.15) is 0 Å². The molecular weight excluding hydrogens is 114 g/mol. The van der Waals surface area contributed by atoms with Crippen molar-refractivity contribution in [3.63, 3.8) is 0 Å². The van der Waals surface area contributed by atoms with Crippen LogP contribution in [0.15, 0.2) is 24.6 Å². The summed E-state index contributed by atoms with van der Waals surface area (Å²) in [5, 5.41) is 7.17. The smallest absolute Gasteiger partial charge is 0.0867 e. The van der Waals surface area contributed by atoms with Crippen LogP contribution in [0.3, 0.4) is 0 Å². The molecule has 44 valence electrons. The monoisotopic (exact) mass is 120 g/mol. The van der Waals surface area contributed by atoms with E-state index in [9.17, 15) is 0 Å². The molecule has 0 radical (unpaired) electrons. The maximum Gasteiger partial charge on any atom is 0.0867 e. The lowest BCUT2D eigenvalue weighted by molar-refractivity contribution is 1.12. The highest BCUT2D eigenvalue weighted by Gasteiger charge is 1.89. The van der Waals surface area contributed by atoms with E-state index in [0.717, 1.165) is 10.9 Å². The summed E-state index contributed by atoms with van der Waals surface area (Å²) in [6.45, 7) is 0. The first-order valence-electron chi connectivity index (χ1n) is 3.12. The number of nitrogens with one attached hydrogen (secondary N) is 1. The highest BCUT2D eigenvalue weighted by Crippen LogP contribution is 2.04. The van der Waals surface area contributed by atoms with E-state index in [2.05, 4.69) is 15.2 Å². The summed E-state index contributed by atoms with van der Waals surface area (Å²) in [5.74, 6) is 0. The van der Waals surface area contributed by atoms with Crippen molar-refractivity contribution < 1.29 is 1.37 Å². The van der Waals surface area contributed by atoms with Crippen molar-refractivity contribution in [2.45, 2.75) is 0 Å². The molecule has 0 aliphatic rings. The minimum absolute atomic E-state index is 0.253. The van der Waals surface area contributed by atoms with Crippen molar-refractivity contribution in [2.24, 2.45) is 0 Å². The summed E-state index contributed by atoms with van der Waals surface area (Å²) in [6, 6.07) is 1.79. The zero-order valence-corrected chi connectivity index (χ0v) is 4.63. The van der Waals surface area contributed by atoms with Crippen LogP contribution in [0.25, 0.3) is 10.9 Å². The number of fused-ring (bicyclic) bond motifs is 1. The molecule has 0 amide bonds. The Labute approximate surface area is 53.1 Å². The topological polar surface area (TPSA) is 41.6 Å². The standard InChI is InChI=1S/C6H5N3/c1-2-7-3-5-4-8-9-6(1)5/h1-4H,(H,8,9)/i4D. The van der Waals surface area contributed by atoms with Crippen molar-refractivity contribution >= 4 is 10.9 Å². The quantitative estimate of drug-likeness (QED) is 0.562. The maximum absolute atomic E-state index is 7.26. The molecule has 0 saturated carbocycles. The van der Waals surface area contributed by atoms with Crippen molar-refractivity contribution in [2.75, 3.05) is 0 Å². The maximum atomic E-state index is 7.26. The second-order valence-electron chi connectivity index (χ2n) is 1.76. The SMILES string of the molecule is [2H]c1n[nH]c2ccncc12. The van der Waals surface area contributed by atoms with Crippen molar-refractivity contribution in [3.05, 3.63) is 24.6 Å². The third kappa shape index (κ3) is 0.579. The Morgan fingerprint density at radius 2 is 2.67 bits per heavy atom. The lowest BCUT2D eigenvalue weighted by Crippen LogP contribution is -1.68. The molecule has 0 fully saturated rings. The molecule has 0 aliphatic carbocycles. The van der Waals surface area contributed by atoms with Crippen molar-refractivity contribution in [1.29, 1.82) is 0 Å². The van der Waals surface area contributed by atoms with E-state index in [0.29, 0.717) is 0 Å². The fourth-order valence-electron chi connectivity index (χ4n) is 0.729. The molecular formula is C6H5N3. The number of hydrogen-bond donors (Lipinski definition) is 1. The number of aromatic nitrogens is 3. The summed E-state index contributed by atoms with van der Waals surface area (Å²) in [4.78, 5) is 3.87. The molecule has 3 heteroatoms. The highest BCUT2D eigenvalue weighted by molar-refractivity contribution is 5.75. The van der Waals surface area contributed by atoms with Gasteiger partial charge in [0.15, 0.2) is 0 Å². The number of H-pyrrole nitrogens is 1. The lowest BCUT2D eigenvalue weighted by atomic mass is 10.3. The van der Waals surface area contributed by atoms with E-state index in [-0.39, 0.29) is 6.17 Å². The van der Waals surface area contributed by atoms with Gasteiger partial charge in [-0.15, -0.1) is 0 Å². The molecule has 0 unspecified atom stereocenters. The Morgan fingerprint density at radius 1 is 1.67 bits per heavy atom. The van der Waals surface area contributed by atoms with Gasteiger partial charge >= 0.3 is 0 Å². The molecule has 0 bridgehead atoms. The number of aromatic amines is 1. The Kier molecular flexibility index (Phi) is 0.621. The van der Waals surface area contributed by atoms with Crippen LogP contribution in [0.1, 0.15) is 1.37 Å². The van der Waals surface area contributed by atoms with Gasteiger partial charge in [0, 0.05) is 17.8 Å². The molecule has 1 N–H and O–H groups in total. The molecule has 0 atom stereocenters. The third-order valence-electron chi connectivity index (χ3n) is 1.17. The van der Waals surface area contributed by atoms with Gasteiger partial charge in [-0.3, -0.25) is 10.1 Å². The highest BCUT2D eigenvalue weighted by atomic mass is 15.1. The van der Waals surface area contributed by atoms with E-state index in [1.807, 2.05) is 0 Å². The van der Waals surface area contributed by atoms with Crippen LogP contribution in [0.2, 0.25) is 0 Å². The molecule has 0 aliphatic heterocycles. The third-order valence-corrected chi connectivity index (χ3v) is 1.17. The average Bonchev–Trinajstić information content (AvgIpc) is 2.34. The number of pyridine rings is 1. The summed E-state index contributed by atoms with van der Waals surface area (Å²) < 4.78 is 7.26. The van der Waals surface area contributed by atoms with Gasteiger partial charge in [0.25, 0.3) is 0 Å². The van der Waals surface area contributed by atoms with Crippen molar-refractivity contribution in [1.82, 2.24) is 15.2 Å². The van der Waals surface area contributed by atoms with Gasteiger partial charge in [-0.1, -0.05) is 0 Å². The van der Waals surface area contributed by atoms with Crippen LogP contribution in [0.4, 0.5) is 0 Å². The van der Waals surface area contributed by atoms with Crippen LogP contribution in [-0.4, -0.2) is 15.2 Å². The van der Waals surface area contributed by atoms with Crippen LogP contribution < -0.4 is 0 Å². The van der Waals surface area contributed by atoms with Gasteiger partial charge in [0.05, 0.1) is 13.1 Å². The van der Waals surface area contributed by atoms with E-state index < -0.39 is 0 Å². The van der Waals surface area contributed by atoms with E-state index >= 15 is 0 Å². The number of nitrogens with zero attached hydrogens (tertiary/aromatic N) is 2. The van der Waals surface area contributed by atoms with E-state index in [1.54, 1.807) is 18.5 Å². The molecule has 2 aromatic heterocycles. The Bertz CT molecular complexity index is 355. The minimum atomic E-state index is 0.253.